The number of benzene rings is 2. The minimum absolute atomic E-state index is 0.0173. The Labute approximate surface area is 175 Å². The van der Waals surface area contributed by atoms with Crippen LogP contribution >= 0.6 is 11.6 Å². The maximum Gasteiger partial charge on any atom is 0.328 e. The number of halogens is 1. The molecule has 0 saturated heterocycles. The molecule has 0 saturated carbocycles. The lowest BCUT2D eigenvalue weighted by molar-refractivity contribution is -0.255. The highest BCUT2D eigenvalue weighted by atomic mass is 35.5. The number of aromatic nitrogens is 2. The number of nitrogens with zero attached hydrogens (tertiary/aromatic N) is 4. The summed E-state index contributed by atoms with van der Waals surface area (Å²) in [5.74, 6) is -1.84. The van der Waals surface area contributed by atoms with Crippen molar-refractivity contribution in [2.24, 2.45) is 19.2 Å². The number of fused-ring (bicyclic) bond motifs is 1. The first-order valence-electron chi connectivity index (χ1n) is 8.97. The molecule has 0 N–H and O–H groups in total. The van der Waals surface area contributed by atoms with E-state index < -0.39 is 11.9 Å². The van der Waals surface area contributed by atoms with Gasteiger partial charge in [0.25, 0.3) is 5.91 Å². The Morgan fingerprint density at radius 3 is 2.47 bits per heavy atom. The molecule has 8 nitrogen and oxygen atoms in total. The molecule has 0 radical (unpaired) electrons. The zero-order valence-electron chi connectivity index (χ0n) is 16.3. The summed E-state index contributed by atoms with van der Waals surface area (Å²) in [6.07, 6.45) is 1.69. The molecule has 3 aromatic rings. The Bertz CT molecular complexity index is 1360. The van der Waals surface area contributed by atoms with Crippen molar-refractivity contribution in [3.05, 3.63) is 68.6 Å². The molecule has 1 amide bonds. The van der Waals surface area contributed by atoms with Crippen LogP contribution in [0.3, 0.4) is 0 Å². The summed E-state index contributed by atoms with van der Waals surface area (Å²) in [6, 6.07) is 9.60. The summed E-state index contributed by atoms with van der Waals surface area (Å²) in [6.45, 7) is 1.69. The van der Waals surface area contributed by atoms with Gasteiger partial charge in [0.1, 0.15) is 0 Å². The summed E-state index contributed by atoms with van der Waals surface area (Å²) < 4.78 is 3.09. The first-order valence-corrected chi connectivity index (χ1v) is 9.35. The second-order valence-corrected chi connectivity index (χ2v) is 7.37. The van der Waals surface area contributed by atoms with Crippen LogP contribution in [0.4, 0.5) is 5.69 Å². The van der Waals surface area contributed by atoms with Gasteiger partial charge >= 0.3 is 5.69 Å². The number of anilines is 1. The highest BCUT2D eigenvalue weighted by molar-refractivity contribution is 6.34. The fourth-order valence-corrected chi connectivity index (χ4v) is 3.64. The molecule has 152 valence electrons. The lowest BCUT2D eigenvalue weighted by atomic mass is 10.1. The third-order valence-electron chi connectivity index (χ3n) is 5.08. The molecule has 0 atom stereocenters. The van der Waals surface area contributed by atoms with Gasteiger partial charge in [0.2, 0.25) is 0 Å². The van der Waals surface area contributed by atoms with Gasteiger partial charge in [0.05, 0.1) is 34.0 Å². The van der Waals surface area contributed by atoms with E-state index in [1.807, 2.05) is 18.2 Å². The Hall–Kier alpha value is -3.65. The maximum absolute atomic E-state index is 13.0. The number of carbonyl (C=O) groups is 2. The van der Waals surface area contributed by atoms with Crippen molar-refractivity contribution in [3.63, 3.8) is 0 Å². The maximum atomic E-state index is 13.0. The molecule has 2 heterocycles. The largest absolute Gasteiger partial charge is 0.545 e. The molecule has 1 aromatic heterocycles. The summed E-state index contributed by atoms with van der Waals surface area (Å²) in [4.78, 5) is 36.3. The molecule has 0 spiro atoms. The van der Waals surface area contributed by atoms with Crippen LogP contribution in [0.2, 0.25) is 5.02 Å². The minimum atomic E-state index is -1.44. The van der Waals surface area contributed by atoms with E-state index >= 15 is 0 Å². The first-order chi connectivity index (χ1) is 14.2. The Morgan fingerprint density at radius 2 is 1.77 bits per heavy atom. The molecule has 1 aliphatic rings. The lowest BCUT2D eigenvalue weighted by Gasteiger charge is -2.14. The second-order valence-electron chi connectivity index (χ2n) is 6.96. The topological polar surface area (TPSA) is 99.7 Å². The van der Waals surface area contributed by atoms with Crippen LogP contribution in [-0.2, 0) is 18.9 Å². The average molecular weight is 424 g/mol. The monoisotopic (exact) mass is 423 g/mol. The molecule has 30 heavy (non-hydrogen) atoms. The highest BCUT2D eigenvalue weighted by Crippen LogP contribution is 2.28. The number of hydrogen-bond acceptors (Lipinski definition) is 5. The second kappa shape index (κ2) is 7.00. The molecule has 9 heteroatoms. The fraction of sp³-hybridized carbons (Fsp3) is 0.143. The van der Waals surface area contributed by atoms with Crippen molar-refractivity contribution < 1.29 is 14.7 Å². The van der Waals surface area contributed by atoms with E-state index in [1.165, 1.54) is 22.8 Å². The van der Waals surface area contributed by atoms with Gasteiger partial charge in [-0.1, -0.05) is 17.7 Å². The predicted molar refractivity (Wildman–Crippen MR) is 113 cm³/mol. The van der Waals surface area contributed by atoms with E-state index in [0.29, 0.717) is 11.3 Å². The number of amides is 1. The van der Waals surface area contributed by atoms with Gasteiger partial charge < -0.3 is 9.90 Å². The van der Waals surface area contributed by atoms with Crippen LogP contribution in [0.15, 0.2) is 51.9 Å². The molecule has 0 bridgehead atoms. The van der Waals surface area contributed by atoms with E-state index in [4.69, 9.17) is 11.6 Å². The number of hydrogen-bond donors (Lipinski definition) is 0. The number of aromatic carboxylic acids is 1. The molecule has 2 aromatic carbocycles. The number of rotatable bonds is 3. The lowest BCUT2D eigenvalue weighted by Crippen LogP contribution is -2.25. The Balaban J connectivity index is 1.74. The van der Waals surface area contributed by atoms with E-state index in [1.54, 1.807) is 31.7 Å². The van der Waals surface area contributed by atoms with Crippen LogP contribution in [0.5, 0.6) is 0 Å². The predicted octanol–water partition coefficient (Wildman–Crippen LogP) is 1.70. The minimum Gasteiger partial charge on any atom is -0.545 e. The molecular weight excluding hydrogens is 408 g/mol. The van der Waals surface area contributed by atoms with Gasteiger partial charge in [0, 0.05) is 24.7 Å². The van der Waals surface area contributed by atoms with Crippen molar-refractivity contribution in [3.8, 4) is 0 Å². The Morgan fingerprint density at radius 1 is 1.07 bits per heavy atom. The van der Waals surface area contributed by atoms with Gasteiger partial charge in [-0.05, 0) is 48.9 Å². The van der Waals surface area contributed by atoms with Crippen molar-refractivity contribution in [1.29, 1.82) is 0 Å². The molecule has 4 rings (SSSR count). The van der Waals surface area contributed by atoms with Gasteiger partial charge in [-0.3, -0.25) is 13.9 Å². The normalized spacial score (nSPS) is 15.3. The zero-order chi connectivity index (χ0) is 21.7. The molecule has 0 aliphatic carbocycles. The van der Waals surface area contributed by atoms with Gasteiger partial charge in [-0.2, -0.15) is 10.1 Å². The first kappa shape index (κ1) is 19.7. The van der Waals surface area contributed by atoms with Gasteiger partial charge in [-0.15, -0.1) is 0 Å². The molecular formula is C21H16ClN4O4-. The van der Waals surface area contributed by atoms with E-state index in [2.05, 4.69) is 5.10 Å². The quantitative estimate of drug-likeness (QED) is 0.598. The summed E-state index contributed by atoms with van der Waals surface area (Å²) in [5.41, 5.74) is 3.01. The number of imidazole rings is 1. The van der Waals surface area contributed by atoms with Gasteiger partial charge in [0.15, 0.2) is 0 Å². The van der Waals surface area contributed by atoms with Crippen molar-refractivity contribution >= 4 is 52.0 Å². The van der Waals surface area contributed by atoms with Crippen LogP contribution < -0.4 is 15.8 Å². The number of carbonyl (C=O) groups excluding carboxylic acids is 2. The molecule has 0 unspecified atom stereocenters. The van der Waals surface area contributed by atoms with E-state index in [-0.39, 0.29) is 22.0 Å². The summed E-state index contributed by atoms with van der Waals surface area (Å²) in [5, 5.41) is 16.6. The zero-order valence-corrected chi connectivity index (χ0v) is 17.1. The standard InChI is InChI=1S/C21H17ClN4O4/c1-11-14(8-12-4-7-17-18(9-12)25(3)21(30)24(17)2)19(27)26(23-11)13-5-6-16(22)15(10-13)20(28)29/h4-10H,1-3H3,(H,28,29)/p-1/b14-8-. The SMILES string of the molecule is CC1=NN(c2ccc(Cl)c(C(=O)[O-])c2)C(=O)/C1=C\c1ccc2c(c1)n(C)c(=O)n2C. The number of carboxylic acid groups (broad SMARTS) is 1. The van der Waals surface area contributed by atoms with Gasteiger partial charge in [-0.25, -0.2) is 4.79 Å². The summed E-state index contributed by atoms with van der Waals surface area (Å²) >= 11 is 5.87. The third-order valence-corrected chi connectivity index (χ3v) is 5.41. The number of aryl methyl sites for hydroxylation is 2. The van der Waals surface area contributed by atoms with Crippen LogP contribution in [-0.4, -0.2) is 26.7 Å². The average Bonchev–Trinajstić information content (AvgIpc) is 3.11. The highest BCUT2D eigenvalue weighted by Gasteiger charge is 2.29. The van der Waals surface area contributed by atoms with Crippen LogP contribution in [0, 0.1) is 0 Å². The van der Waals surface area contributed by atoms with Crippen molar-refractivity contribution in [2.75, 3.05) is 5.01 Å². The number of carboxylic acids is 1. The smallest absolute Gasteiger partial charge is 0.328 e. The van der Waals surface area contributed by atoms with Crippen molar-refractivity contribution in [1.82, 2.24) is 9.13 Å². The Kier molecular flexibility index (Phi) is 4.58. The molecule has 1 aliphatic heterocycles. The molecule has 0 fully saturated rings. The van der Waals surface area contributed by atoms with Crippen LogP contribution in [0.1, 0.15) is 22.8 Å². The third kappa shape index (κ3) is 3.02. The number of hydrazone groups is 1. The summed E-state index contributed by atoms with van der Waals surface area (Å²) in [7, 11) is 3.39. The van der Waals surface area contributed by atoms with Crippen molar-refractivity contribution in [2.45, 2.75) is 6.92 Å². The van der Waals surface area contributed by atoms with E-state index in [9.17, 15) is 19.5 Å². The van der Waals surface area contributed by atoms with Crippen LogP contribution in [0.25, 0.3) is 17.1 Å². The fourth-order valence-electron chi connectivity index (χ4n) is 3.44. The van der Waals surface area contributed by atoms with E-state index in [0.717, 1.165) is 21.6 Å².